The van der Waals surface area contributed by atoms with Crippen LogP contribution in [0.2, 0.25) is 0 Å². The van der Waals surface area contributed by atoms with Gasteiger partial charge in [0.1, 0.15) is 5.82 Å². The van der Waals surface area contributed by atoms with Crippen molar-refractivity contribution in [1.29, 1.82) is 0 Å². The van der Waals surface area contributed by atoms with E-state index < -0.39 is 0 Å². The monoisotopic (exact) mass is 210 g/mol. The molecule has 0 aliphatic carbocycles. The van der Waals surface area contributed by atoms with Crippen molar-refractivity contribution in [2.75, 3.05) is 0 Å². The van der Waals surface area contributed by atoms with Crippen LogP contribution in [0.3, 0.4) is 0 Å². The number of nitrogens with one attached hydrogen (secondary N) is 1. The summed E-state index contributed by atoms with van der Waals surface area (Å²) in [5.74, 6) is 1.70. The Kier molecular flexibility index (Phi) is 2.45. The van der Waals surface area contributed by atoms with Crippen LogP contribution >= 0.6 is 12.2 Å². The zero-order valence-corrected chi connectivity index (χ0v) is 8.54. The number of aromatic nitrogens is 4. The third-order valence-electron chi connectivity index (χ3n) is 1.96. The molecule has 5 nitrogen and oxygen atoms in total. The van der Waals surface area contributed by atoms with E-state index in [9.17, 15) is 0 Å². The van der Waals surface area contributed by atoms with Crippen molar-refractivity contribution in [3.05, 3.63) is 28.6 Å². The lowest BCUT2D eigenvalue weighted by atomic mass is 10.4. The Bertz CT molecular complexity index is 456. The standard InChI is InChI=1S/C8H10N4OS/c1-2-7-10-11-8(14)12(7)5-6-3-4-9-13-6/h3-4H,2,5H2,1H3,(H,11,14). The van der Waals surface area contributed by atoms with Crippen LogP contribution in [0.25, 0.3) is 0 Å². The van der Waals surface area contributed by atoms with Gasteiger partial charge in [0.25, 0.3) is 0 Å². The quantitative estimate of drug-likeness (QED) is 0.781. The minimum Gasteiger partial charge on any atom is -0.359 e. The number of hydrogen-bond acceptors (Lipinski definition) is 4. The van der Waals surface area contributed by atoms with E-state index in [1.54, 1.807) is 6.20 Å². The fourth-order valence-corrected chi connectivity index (χ4v) is 1.48. The summed E-state index contributed by atoms with van der Waals surface area (Å²) in [6, 6.07) is 1.81. The molecule has 0 radical (unpaired) electrons. The van der Waals surface area contributed by atoms with Crippen LogP contribution in [0.15, 0.2) is 16.8 Å². The average Bonchev–Trinajstić information content (AvgIpc) is 2.79. The SMILES string of the molecule is CCc1n[nH]c(=S)n1Cc1ccno1. The second-order valence-electron chi connectivity index (χ2n) is 2.86. The van der Waals surface area contributed by atoms with Gasteiger partial charge in [0.15, 0.2) is 10.5 Å². The van der Waals surface area contributed by atoms with E-state index in [2.05, 4.69) is 15.4 Å². The van der Waals surface area contributed by atoms with Crippen LogP contribution in [-0.4, -0.2) is 19.9 Å². The molecule has 2 rings (SSSR count). The van der Waals surface area contributed by atoms with Gasteiger partial charge >= 0.3 is 0 Å². The van der Waals surface area contributed by atoms with Gasteiger partial charge in [-0.05, 0) is 12.2 Å². The maximum absolute atomic E-state index is 5.10. The Morgan fingerprint density at radius 3 is 3.14 bits per heavy atom. The van der Waals surface area contributed by atoms with Gasteiger partial charge in [-0.15, -0.1) is 0 Å². The molecule has 0 aromatic carbocycles. The molecule has 0 saturated heterocycles. The molecule has 14 heavy (non-hydrogen) atoms. The molecular weight excluding hydrogens is 200 g/mol. The summed E-state index contributed by atoms with van der Waals surface area (Å²) in [4.78, 5) is 0. The fourth-order valence-electron chi connectivity index (χ4n) is 1.26. The number of H-pyrrole nitrogens is 1. The van der Waals surface area contributed by atoms with Crippen LogP contribution in [0, 0.1) is 4.77 Å². The van der Waals surface area contributed by atoms with Crippen LogP contribution < -0.4 is 0 Å². The first kappa shape index (κ1) is 9.14. The molecule has 0 spiro atoms. The molecule has 0 fully saturated rings. The minimum absolute atomic E-state index is 0.582. The van der Waals surface area contributed by atoms with Crippen molar-refractivity contribution in [3.8, 4) is 0 Å². The fraction of sp³-hybridized carbons (Fsp3) is 0.375. The average molecular weight is 210 g/mol. The third-order valence-corrected chi connectivity index (χ3v) is 2.27. The Labute approximate surface area is 85.7 Å². The van der Waals surface area contributed by atoms with Gasteiger partial charge < -0.3 is 4.52 Å². The maximum atomic E-state index is 5.10. The Morgan fingerprint density at radius 1 is 1.64 bits per heavy atom. The molecule has 2 aromatic rings. The number of aromatic amines is 1. The van der Waals surface area contributed by atoms with Crippen molar-refractivity contribution in [1.82, 2.24) is 19.9 Å². The third kappa shape index (κ3) is 1.60. The molecule has 0 amide bonds. The van der Waals surface area contributed by atoms with Crippen molar-refractivity contribution in [2.45, 2.75) is 19.9 Å². The molecule has 0 bridgehead atoms. The second kappa shape index (κ2) is 3.75. The van der Waals surface area contributed by atoms with Crippen molar-refractivity contribution in [3.63, 3.8) is 0 Å². The Hall–Kier alpha value is -1.43. The molecule has 0 saturated carbocycles. The first-order chi connectivity index (χ1) is 6.81. The number of nitrogens with zero attached hydrogens (tertiary/aromatic N) is 3. The summed E-state index contributed by atoms with van der Waals surface area (Å²) in [6.45, 7) is 2.61. The van der Waals surface area contributed by atoms with Gasteiger partial charge in [0.2, 0.25) is 0 Å². The summed E-state index contributed by atoms with van der Waals surface area (Å²) in [7, 11) is 0. The lowest BCUT2D eigenvalue weighted by Gasteiger charge is -2.00. The number of hydrogen-bond donors (Lipinski definition) is 1. The summed E-state index contributed by atoms with van der Waals surface area (Å²) >= 11 is 5.10. The van der Waals surface area contributed by atoms with Crippen LogP contribution in [0.4, 0.5) is 0 Å². The van der Waals surface area contributed by atoms with E-state index in [1.165, 1.54) is 0 Å². The van der Waals surface area contributed by atoms with E-state index in [0.29, 0.717) is 11.3 Å². The van der Waals surface area contributed by atoms with Crippen LogP contribution in [0.5, 0.6) is 0 Å². The zero-order valence-electron chi connectivity index (χ0n) is 7.73. The molecule has 0 aliphatic rings. The summed E-state index contributed by atoms with van der Waals surface area (Å²) in [5.41, 5.74) is 0. The van der Waals surface area contributed by atoms with Gasteiger partial charge in [0.05, 0.1) is 12.7 Å². The zero-order chi connectivity index (χ0) is 9.97. The molecule has 0 aliphatic heterocycles. The molecule has 0 atom stereocenters. The van der Waals surface area contributed by atoms with Crippen molar-refractivity contribution in [2.24, 2.45) is 0 Å². The van der Waals surface area contributed by atoms with E-state index >= 15 is 0 Å². The highest BCUT2D eigenvalue weighted by Crippen LogP contribution is 2.05. The topological polar surface area (TPSA) is 59.6 Å². The smallest absolute Gasteiger partial charge is 0.195 e. The lowest BCUT2D eigenvalue weighted by Crippen LogP contribution is -2.03. The molecule has 6 heteroatoms. The Balaban J connectivity index is 2.32. The molecule has 2 aromatic heterocycles. The maximum Gasteiger partial charge on any atom is 0.195 e. The van der Waals surface area contributed by atoms with Crippen molar-refractivity contribution >= 4 is 12.2 Å². The summed E-state index contributed by atoms with van der Waals surface area (Å²) in [5, 5.41) is 10.5. The molecule has 2 heterocycles. The summed E-state index contributed by atoms with van der Waals surface area (Å²) in [6.07, 6.45) is 2.45. The molecule has 0 unspecified atom stereocenters. The predicted molar refractivity (Wildman–Crippen MR) is 52.4 cm³/mol. The minimum atomic E-state index is 0.582. The van der Waals surface area contributed by atoms with Crippen LogP contribution in [0.1, 0.15) is 18.5 Å². The first-order valence-corrected chi connectivity index (χ1v) is 4.75. The highest BCUT2D eigenvalue weighted by Gasteiger charge is 2.06. The van der Waals surface area contributed by atoms with Gasteiger partial charge in [-0.1, -0.05) is 12.1 Å². The van der Waals surface area contributed by atoms with E-state index in [-0.39, 0.29) is 0 Å². The number of aryl methyl sites for hydroxylation is 1. The van der Waals surface area contributed by atoms with Gasteiger partial charge in [-0.3, -0.25) is 9.67 Å². The van der Waals surface area contributed by atoms with Crippen LogP contribution in [-0.2, 0) is 13.0 Å². The van der Waals surface area contributed by atoms with Crippen molar-refractivity contribution < 1.29 is 4.52 Å². The largest absolute Gasteiger partial charge is 0.359 e. The predicted octanol–water partition coefficient (Wildman–Crippen LogP) is 1.54. The highest BCUT2D eigenvalue weighted by atomic mass is 32.1. The molecular formula is C8H10N4OS. The lowest BCUT2D eigenvalue weighted by molar-refractivity contribution is 0.374. The van der Waals surface area contributed by atoms with Gasteiger partial charge in [0, 0.05) is 12.5 Å². The van der Waals surface area contributed by atoms with Gasteiger partial charge in [-0.25, -0.2) is 0 Å². The van der Waals surface area contributed by atoms with E-state index in [0.717, 1.165) is 18.0 Å². The first-order valence-electron chi connectivity index (χ1n) is 4.35. The van der Waals surface area contributed by atoms with Gasteiger partial charge in [-0.2, -0.15) is 5.10 Å². The normalized spacial score (nSPS) is 10.6. The molecule has 1 N–H and O–H groups in total. The molecule has 74 valence electrons. The Morgan fingerprint density at radius 2 is 2.50 bits per heavy atom. The van der Waals surface area contributed by atoms with E-state index in [1.807, 2.05) is 17.6 Å². The highest BCUT2D eigenvalue weighted by molar-refractivity contribution is 7.71. The number of rotatable bonds is 3. The summed E-state index contributed by atoms with van der Waals surface area (Å²) < 4.78 is 7.51. The second-order valence-corrected chi connectivity index (χ2v) is 3.25. The van der Waals surface area contributed by atoms with E-state index in [4.69, 9.17) is 16.7 Å².